The topological polar surface area (TPSA) is 112 Å². The summed E-state index contributed by atoms with van der Waals surface area (Å²) >= 11 is 0. The monoisotopic (exact) mass is 454 g/mol. The molecule has 2 aromatic carbocycles. The van der Waals surface area contributed by atoms with Crippen LogP contribution in [0.3, 0.4) is 0 Å². The Hall–Kier alpha value is -3.25. The second kappa shape index (κ2) is 8.47. The number of halogens is 3. The van der Waals surface area contributed by atoms with Gasteiger partial charge in [-0.3, -0.25) is 9.59 Å². The molecule has 0 fully saturated rings. The van der Waals surface area contributed by atoms with E-state index in [2.05, 4.69) is 9.97 Å². The number of para-hydroxylation sites is 1. The molecule has 0 aliphatic rings. The summed E-state index contributed by atoms with van der Waals surface area (Å²) in [7, 11) is -3.05. The standard InChI is InChI=1S/C19H17F3N4O4S/c1-26(10-16-24-15-8-3-2-7-14(15)17(27)25-16)18(28)12-5-4-6-13(9-12)31(29,30)23-11-19(20,21)22/h2-9,23H,10-11H2,1H3,(H,24,25,27). The summed E-state index contributed by atoms with van der Waals surface area (Å²) < 4.78 is 62.6. The van der Waals surface area contributed by atoms with Crippen molar-refractivity contribution in [3.05, 3.63) is 70.3 Å². The van der Waals surface area contributed by atoms with E-state index >= 15 is 0 Å². The van der Waals surface area contributed by atoms with Gasteiger partial charge in [-0.15, -0.1) is 0 Å². The number of aromatic amines is 1. The fraction of sp³-hybridized carbons (Fsp3) is 0.211. The number of carbonyl (C=O) groups excluding carboxylic acids is 1. The quantitative estimate of drug-likeness (QED) is 0.592. The van der Waals surface area contributed by atoms with Crippen LogP contribution in [0.4, 0.5) is 13.2 Å². The van der Waals surface area contributed by atoms with E-state index in [9.17, 15) is 31.2 Å². The highest BCUT2D eigenvalue weighted by atomic mass is 32.2. The number of hydrogen-bond acceptors (Lipinski definition) is 5. The molecule has 0 saturated heterocycles. The predicted molar refractivity (Wildman–Crippen MR) is 106 cm³/mol. The summed E-state index contributed by atoms with van der Waals surface area (Å²) in [5, 5.41) is 0.393. The van der Waals surface area contributed by atoms with Crippen LogP contribution in [-0.2, 0) is 16.6 Å². The molecule has 0 radical (unpaired) electrons. The Balaban J connectivity index is 1.80. The highest BCUT2D eigenvalue weighted by molar-refractivity contribution is 7.89. The second-order valence-electron chi connectivity index (χ2n) is 6.66. The minimum Gasteiger partial charge on any atom is -0.334 e. The zero-order valence-corrected chi connectivity index (χ0v) is 16.9. The first kappa shape index (κ1) is 22.4. The van der Waals surface area contributed by atoms with Gasteiger partial charge in [0.15, 0.2) is 0 Å². The number of amides is 1. The summed E-state index contributed by atoms with van der Waals surface area (Å²) in [4.78, 5) is 32.5. The van der Waals surface area contributed by atoms with Crippen LogP contribution >= 0.6 is 0 Å². The third kappa shape index (κ3) is 5.47. The van der Waals surface area contributed by atoms with Gasteiger partial charge in [-0.05, 0) is 30.3 Å². The normalized spacial score (nSPS) is 12.1. The molecule has 164 valence electrons. The molecule has 0 bridgehead atoms. The van der Waals surface area contributed by atoms with E-state index in [0.717, 1.165) is 12.1 Å². The van der Waals surface area contributed by atoms with Crippen LogP contribution in [0.25, 0.3) is 10.9 Å². The summed E-state index contributed by atoms with van der Waals surface area (Å²) in [5.41, 5.74) is 0.0247. The number of nitrogens with zero attached hydrogens (tertiary/aromatic N) is 2. The fourth-order valence-corrected chi connectivity index (χ4v) is 3.84. The van der Waals surface area contributed by atoms with Gasteiger partial charge in [-0.2, -0.15) is 13.2 Å². The Kier molecular flexibility index (Phi) is 6.13. The van der Waals surface area contributed by atoms with Crippen molar-refractivity contribution in [2.75, 3.05) is 13.6 Å². The van der Waals surface area contributed by atoms with Crippen LogP contribution in [0.1, 0.15) is 16.2 Å². The Labute approximate surface area is 174 Å². The van der Waals surface area contributed by atoms with Gasteiger partial charge in [0.05, 0.1) is 22.3 Å². The number of fused-ring (bicyclic) bond motifs is 1. The summed E-state index contributed by atoms with van der Waals surface area (Å²) in [6.07, 6.45) is -4.72. The number of hydrogen-bond donors (Lipinski definition) is 2. The zero-order valence-electron chi connectivity index (χ0n) is 16.1. The molecule has 8 nitrogen and oxygen atoms in total. The first-order valence-corrected chi connectivity index (χ1v) is 10.3. The van der Waals surface area contributed by atoms with Crippen molar-refractivity contribution in [1.82, 2.24) is 19.6 Å². The molecule has 12 heteroatoms. The van der Waals surface area contributed by atoms with Crippen LogP contribution in [0, 0.1) is 0 Å². The number of carbonyl (C=O) groups is 1. The van der Waals surface area contributed by atoms with Gasteiger partial charge in [0.2, 0.25) is 10.0 Å². The van der Waals surface area contributed by atoms with Crippen LogP contribution < -0.4 is 10.3 Å². The molecule has 0 aliphatic heterocycles. The van der Waals surface area contributed by atoms with Crippen molar-refractivity contribution in [3.8, 4) is 0 Å². The third-order valence-corrected chi connectivity index (χ3v) is 5.65. The lowest BCUT2D eigenvalue weighted by Crippen LogP contribution is -2.34. The molecule has 0 saturated carbocycles. The van der Waals surface area contributed by atoms with Crippen molar-refractivity contribution in [3.63, 3.8) is 0 Å². The maximum absolute atomic E-state index is 12.7. The third-order valence-electron chi connectivity index (χ3n) is 4.25. The lowest BCUT2D eigenvalue weighted by Gasteiger charge is -2.17. The van der Waals surface area contributed by atoms with Crippen LogP contribution in [-0.4, -0.2) is 49.0 Å². The van der Waals surface area contributed by atoms with E-state index in [1.54, 1.807) is 24.3 Å². The number of alkyl halides is 3. The molecular formula is C19H17F3N4O4S. The summed E-state index contributed by atoms with van der Waals surface area (Å²) in [6.45, 7) is -1.81. The van der Waals surface area contributed by atoms with Gasteiger partial charge >= 0.3 is 6.18 Å². The van der Waals surface area contributed by atoms with E-state index in [0.29, 0.717) is 10.9 Å². The first-order chi connectivity index (χ1) is 14.5. The van der Waals surface area contributed by atoms with E-state index in [-0.39, 0.29) is 23.5 Å². The maximum Gasteiger partial charge on any atom is 0.402 e. The molecule has 1 amide bonds. The maximum atomic E-state index is 12.7. The van der Waals surface area contributed by atoms with E-state index in [1.165, 1.54) is 28.8 Å². The molecule has 3 rings (SSSR count). The molecule has 1 aromatic heterocycles. The molecule has 2 N–H and O–H groups in total. The molecule has 0 spiro atoms. The van der Waals surface area contributed by atoms with Crippen molar-refractivity contribution in [1.29, 1.82) is 0 Å². The summed E-state index contributed by atoms with van der Waals surface area (Å²) in [5.74, 6) is -0.390. The average Bonchev–Trinajstić information content (AvgIpc) is 2.71. The molecular weight excluding hydrogens is 437 g/mol. The van der Waals surface area contributed by atoms with Crippen LogP contribution in [0.15, 0.2) is 58.2 Å². The van der Waals surface area contributed by atoms with Gasteiger partial charge in [-0.25, -0.2) is 18.1 Å². The Morgan fingerprint density at radius 2 is 1.87 bits per heavy atom. The minimum atomic E-state index is -4.72. The van der Waals surface area contributed by atoms with E-state index in [4.69, 9.17) is 0 Å². The number of rotatable bonds is 6. The Morgan fingerprint density at radius 3 is 2.58 bits per heavy atom. The second-order valence-corrected chi connectivity index (χ2v) is 8.43. The largest absolute Gasteiger partial charge is 0.402 e. The first-order valence-electron chi connectivity index (χ1n) is 8.86. The highest BCUT2D eigenvalue weighted by Gasteiger charge is 2.30. The van der Waals surface area contributed by atoms with Crippen molar-refractivity contribution < 1.29 is 26.4 Å². The van der Waals surface area contributed by atoms with Crippen molar-refractivity contribution in [2.45, 2.75) is 17.6 Å². The van der Waals surface area contributed by atoms with Gasteiger partial charge in [0.1, 0.15) is 12.4 Å². The van der Waals surface area contributed by atoms with E-state index < -0.39 is 33.5 Å². The molecule has 0 aliphatic carbocycles. The van der Waals surface area contributed by atoms with E-state index in [1.807, 2.05) is 0 Å². The summed E-state index contributed by atoms with van der Waals surface area (Å²) in [6, 6.07) is 11.3. The lowest BCUT2D eigenvalue weighted by atomic mass is 10.2. The Morgan fingerprint density at radius 1 is 1.16 bits per heavy atom. The predicted octanol–water partition coefficient (Wildman–Crippen LogP) is 2.04. The highest BCUT2D eigenvalue weighted by Crippen LogP contribution is 2.17. The van der Waals surface area contributed by atoms with Gasteiger partial charge in [0.25, 0.3) is 11.5 Å². The Bertz CT molecular complexity index is 1290. The zero-order chi connectivity index (χ0) is 22.8. The molecule has 0 atom stereocenters. The smallest absolute Gasteiger partial charge is 0.334 e. The number of benzene rings is 2. The van der Waals surface area contributed by atoms with Gasteiger partial charge < -0.3 is 9.88 Å². The molecule has 1 heterocycles. The van der Waals surface area contributed by atoms with Crippen LogP contribution in [0.5, 0.6) is 0 Å². The molecule has 3 aromatic rings. The minimum absolute atomic E-state index is 0.0551. The van der Waals surface area contributed by atoms with Crippen molar-refractivity contribution in [2.24, 2.45) is 0 Å². The lowest BCUT2D eigenvalue weighted by molar-refractivity contribution is -0.121. The van der Waals surface area contributed by atoms with Gasteiger partial charge in [0, 0.05) is 12.6 Å². The van der Waals surface area contributed by atoms with Gasteiger partial charge in [-0.1, -0.05) is 18.2 Å². The average molecular weight is 454 g/mol. The van der Waals surface area contributed by atoms with Crippen LogP contribution in [0.2, 0.25) is 0 Å². The number of sulfonamides is 1. The fourth-order valence-electron chi connectivity index (χ4n) is 2.78. The molecule has 0 unspecified atom stereocenters. The van der Waals surface area contributed by atoms with Crippen molar-refractivity contribution >= 4 is 26.8 Å². The SMILES string of the molecule is CN(Cc1nc2ccccc2c(=O)[nH]1)C(=O)c1cccc(S(=O)(=O)NCC(F)(F)F)c1. The number of H-pyrrole nitrogens is 1. The number of aromatic nitrogens is 2. The number of nitrogens with one attached hydrogen (secondary N) is 2. The molecule has 31 heavy (non-hydrogen) atoms.